The Morgan fingerprint density at radius 2 is 1.18 bits per heavy atom. The molecule has 4 unspecified atom stereocenters. The Labute approximate surface area is 879 Å². The maximum atomic E-state index is 16.2. The van der Waals surface area contributed by atoms with Crippen LogP contribution in [-0.4, -0.2) is 317 Å². The number of nitrogens with two attached hydrogens (primary N) is 1. The van der Waals surface area contributed by atoms with Gasteiger partial charge in [-0.3, -0.25) is 83.6 Å². The summed E-state index contributed by atoms with van der Waals surface area (Å²) in [5.74, 6) is -10.6. The number of amides is 12. The fraction of sp³-hybridized carbons (Fsp3) is 0.657. The second-order valence-corrected chi connectivity index (χ2v) is 41.0. The number of aromatic nitrogens is 2. The van der Waals surface area contributed by atoms with Crippen LogP contribution in [0.3, 0.4) is 0 Å². The smallest absolute Gasteiger partial charge is 0.303 e. The number of aliphatic hydroxyl groups is 5. The molecular formula is C105H168N18O23S2. The Hall–Kier alpha value is -10.1. The van der Waals surface area contributed by atoms with Crippen molar-refractivity contribution in [1.82, 2.24) is 89.3 Å². The molecule has 148 heavy (non-hydrogen) atoms. The number of allylic oxidation sites excluding steroid dienone is 1. The number of benzene rings is 3. The first-order valence-electron chi connectivity index (χ1n) is 52.7. The van der Waals surface area contributed by atoms with Crippen molar-refractivity contribution in [2.24, 2.45) is 11.7 Å². The molecule has 0 spiro atoms. The van der Waals surface area contributed by atoms with E-state index in [9.17, 15) is 73.8 Å². The van der Waals surface area contributed by atoms with Crippen molar-refractivity contribution in [3.05, 3.63) is 138 Å². The van der Waals surface area contributed by atoms with E-state index in [1.165, 1.54) is 94.1 Å². The zero-order valence-corrected chi connectivity index (χ0v) is 88.6. The summed E-state index contributed by atoms with van der Waals surface area (Å²) in [6.45, 7) is 14.0. The van der Waals surface area contributed by atoms with Crippen LogP contribution in [0, 0.1) is 5.92 Å². The number of aromatic amines is 1. The van der Waals surface area contributed by atoms with Gasteiger partial charge in [-0.15, -0.1) is 6.58 Å². The van der Waals surface area contributed by atoms with Crippen LogP contribution in [0.5, 0.6) is 0 Å². The van der Waals surface area contributed by atoms with Crippen molar-refractivity contribution in [3.63, 3.8) is 0 Å². The molecule has 23 N–H and O–H groups in total. The summed E-state index contributed by atoms with van der Waals surface area (Å²) in [6, 6.07) is 13.0. The summed E-state index contributed by atoms with van der Waals surface area (Å²) in [6.07, 6.45) is 15.8. The molecule has 0 saturated carbocycles. The van der Waals surface area contributed by atoms with Crippen molar-refractivity contribution in [1.29, 1.82) is 0 Å². The quantitative estimate of drug-likeness (QED) is 0.0127. The number of aliphatic hydroxyl groups excluding tert-OH is 5. The Morgan fingerprint density at radius 1 is 0.601 bits per heavy atom. The zero-order chi connectivity index (χ0) is 108. The highest BCUT2D eigenvalue weighted by Crippen LogP contribution is 2.33. The Kier molecular flexibility index (Phi) is 63.9. The highest BCUT2D eigenvalue weighted by Gasteiger charge is 2.45. The van der Waals surface area contributed by atoms with Crippen LogP contribution in [0.15, 0.2) is 116 Å². The third kappa shape index (κ3) is 53.6. The van der Waals surface area contributed by atoms with Gasteiger partial charge in [0.25, 0.3) is 0 Å². The van der Waals surface area contributed by atoms with Crippen LogP contribution < -0.4 is 80.2 Å². The molecule has 1 aromatic heterocycles. The molecule has 2 fully saturated rings. The summed E-state index contributed by atoms with van der Waals surface area (Å²) in [7, 11) is 2.10. The van der Waals surface area contributed by atoms with Gasteiger partial charge in [0, 0.05) is 93.6 Å². The van der Waals surface area contributed by atoms with E-state index in [0.717, 1.165) is 72.1 Å². The number of carboxylic acid groups (broad SMARTS) is 1. The van der Waals surface area contributed by atoms with Crippen LogP contribution >= 0.6 is 21.6 Å². The molecule has 43 heteroatoms. The van der Waals surface area contributed by atoms with E-state index in [4.69, 9.17) is 24.7 Å². The van der Waals surface area contributed by atoms with Crippen molar-refractivity contribution in [3.8, 4) is 0 Å². The van der Waals surface area contributed by atoms with Gasteiger partial charge in [-0.25, -0.2) is 4.98 Å². The Bertz CT molecular complexity index is 4470. The van der Waals surface area contributed by atoms with Crippen LogP contribution in [-0.2, 0) is 94.1 Å². The number of imidazole rings is 1. The van der Waals surface area contributed by atoms with Gasteiger partial charge in [-0.2, -0.15) is 0 Å². The van der Waals surface area contributed by atoms with Crippen LogP contribution in [0.1, 0.15) is 249 Å². The van der Waals surface area contributed by atoms with E-state index >= 15 is 19.2 Å². The molecule has 12 amide bonds. The SMILES string of the molecule is C=C(C)CCCCCCCCCCCCCCC(O)NCCCCCC(=O)NCCOCCOCC(=O)NCCOCCOCC(=O)NCCCC[C@@H]1NC(=O)[C@H](CCC)NC(O)[C@@H](NC(=O)[C@@H]2CCCN2C(=O)[C@@H](NC(=O)[C@H](Cc2cnc[nH]2)NC(=O)[C@@H](NC(O)[C@H](CCC(=O)O)NC(=O)CC(C)C)[C@@H](C)O)C(c2ccccc2)c2ccccc2)CSSC[C@@H](C(N)=O)NC(=O)CNC(O)C[C@H](Cc2ccccc2)NC1=O. The molecule has 0 aliphatic carbocycles. The number of unbranched alkanes of at least 4 members (excludes halogenated alkanes) is 14. The number of hydrogen-bond acceptors (Lipinski definition) is 29. The first-order valence-corrected chi connectivity index (χ1v) is 55.2. The largest absolute Gasteiger partial charge is 0.481 e. The monoisotopic (exact) mass is 2110 g/mol. The summed E-state index contributed by atoms with van der Waals surface area (Å²) in [5, 5.41) is 106. The predicted molar refractivity (Wildman–Crippen MR) is 565 cm³/mol. The summed E-state index contributed by atoms with van der Waals surface area (Å²) in [5.41, 5.74) is 9.29. The van der Waals surface area contributed by atoms with E-state index in [1.54, 1.807) is 93.6 Å². The highest BCUT2D eigenvalue weighted by atomic mass is 33.1. The molecule has 4 aromatic rings. The lowest BCUT2D eigenvalue weighted by Gasteiger charge is -2.35. The number of primary amides is 1. The average Bonchev–Trinajstić information content (AvgIpc) is 1.50. The fourth-order valence-corrected chi connectivity index (χ4v) is 19.6. The number of nitrogens with zero attached hydrogens (tertiary/aromatic N) is 2. The molecule has 0 radical (unpaired) electrons. The van der Waals surface area contributed by atoms with E-state index in [2.05, 4.69) is 97.9 Å². The minimum absolute atomic E-state index is 0.00600. The number of hydrogen-bond donors (Lipinski definition) is 22. The van der Waals surface area contributed by atoms with Gasteiger partial charge in [-0.05, 0) is 133 Å². The minimum atomic E-state index is -1.82. The van der Waals surface area contributed by atoms with Gasteiger partial charge in [0.1, 0.15) is 74.4 Å². The number of likely N-dealkylation sites (tertiary alicyclic amines) is 1. The second kappa shape index (κ2) is 74.8. The van der Waals surface area contributed by atoms with Gasteiger partial charge < -0.3 is 118 Å². The van der Waals surface area contributed by atoms with Crippen molar-refractivity contribution < 1.29 is 112 Å². The van der Waals surface area contributed by atoms with Gasteiger partial charge in [0.2, 0.25) is 70.9 Å². The molecule has 3 heterocycles. The molecular weight excluding hydrogens is 1950 g/mol. The third-order valence-electron chi connectivity index (χ3n) is 25.2. The van der Waals surface area contributed by atoms with Crippen molar-refractivity contribution in [2.45, 2.75) is 331 Å². The van der Waals surface area contributed by atoms with E-state index in [0.29, 0.717) is 49.2 Å². The molecule has 2 aliphatic rings. The number of nitrogens with one attached hydrogen (secondary N) is 15. The maximum Gasteiger partial charge on any atom is 0.303 e. The van der Waals surface area contributed by atoms with Gasteiger partial charge in [0.15, 0.2) is 0 Å². The Morgan fingerprint density at radius 3 is 1.77 bits per heavy atom. The zero-order valence-electron chi connectivity index (χ0n) is 87.0. The van der Waals surface area contributed by atoms with E-state index in [-0.39, 0.29) is 166 Å². The minimum Gasteiger partial charge on any atom is -0.481 e. The normalized spacial score (nSPS) is 19.2. The number of aliphatic carboxylic acids is 1. The lowest BCUT2D eigenvalue weighted by atomic mass is 9.84. The van der Waals surface area contributed by atoms with E-state index in [1.807, 2.05) is 18.2 Å². The van der Waals surface area contributed by atoms with Crippen molar-refractivity contribution in [2.75, 3.05) is 104 Å². The highest BCUT2D eigenvalue weighted by molar-refractivity contribution is 8.76. The number of H-pyrrole nitrogens is 1. The van der Waals surface area contributed by atoms with E-state index < -0.39 is 175 Å². The van der Waals surface area contributed by atoms with Crippen LogP contribution in [0.2, 0.25) is 0 Å². The molecule has 828 valence electrons. The maximum absolute atomic E-state index is 16.2. The number of carbonyl (C=O) groups is 13. The second-order valence-electron chi connectivity index (χ2n) is 38.5. The summed E-state index contributed by atoms with van der Waals surface area (Å²) in [4.78, 5) is 189. The molecule has 2 aliphatic heterocycles. The summed E-state index contributed by atoms with van der Waals surface area (Å²) >= 11 is 0. The topological polar surface area (TPSA) is 607 Å². The first-order chi connectivity index (χ1) is 71.3. The molecule has 6 rings (SSSR count). The summed E-state index contributed by atoms with van der Waals surface area (Å²) < 4.78 is 22.1. The molecule has 2 saturated heterocycles. The molecule has 41 nitrogen and oxygen atoms in total. The lowest BCUT2D eigenvalue weighted by molar-refractivity contribution is -0.142. The van der Waals surface area contributed by atoms with Gasteiger partial charge >= 0.3 is 5.97 Å². The fourth-order valence-electron chi connectivity index (χ4n) is 17.2. The first kappa shape index (κ1) is 127. The number of ether oxygens (including phenoxy) is 4. The average molecular weight is 2110 g/mol. The Balaban J connectivity index is 1.03. The third-order valence-corrected chi connectivity index (χ3v) is 27.6. The number of carbonyl (C=O) groups excluding carboxylic acids is 12. The van der Waals surface area contributed by atoms with Gasteiger partial charge in [-0.1, -0.05) is 216 Å². The lowest BCUT2D eigenvalue weighted by Crippen LogP contribution is -2.63. The number of carboxylic acids is 1. The van der Waals surface area contributed by atoms with Crippen LogP contribution in [0.4, 0.5) is 0 Å². The van der Waals surface area contributed by atoms with Crippen LogP contribution in [0.25, 0.3) is 0 Å². The van der Waals surface area contributed by atoms with Crippen molar-refractivity contribution >= 4 is 98.4 Å². The molecule has 15 atom stereocenters. The standard InChI is InChI=1S/C105H168N18O23S2/c1-7-35-79-99(136)118-80(43-31-33-50-109-91(130)66-145-58-57-144-55-52-111-92(131)67-146-59-56-143-54-51-110-87(126)46-30-21-32-49-108-86(125)45-29-17-15-13-11-9-8-10-12-14-16-22-36-71(2)3)98(135)114-77(61-74-37-23-18-24-38-74)63-88(127)112-65-90(129)116-83(97(106)134)68-147-148-69-84(102(139)117-79)120-103(140)85-44-34-53-123(85)105(142)96(94(75-39-25-19-26-40-75)76-41-27-20-28-42-76)122-101(138)82(62-78-64-107-70-113-78)119-104(141)95(73(6)124)121-100(137)81(47-48-93(132)133)115-89(128)60-72(4)5/h18-20,23-28,37-42,64,70,72-73,77,79-86,88,94-96,100,102,108,112,117,121,124-125,127,137,139H,2,7-17,21-22,29-36,43-63,65-69H2,1,3-6H3,(H2,106,134)(H,107,113)(H,109,130)(H,110,126)(H,111,131)(H,114,135)(H,115,128)(H,116,129)(H,118,136)(H,119,141)(H,120,140)(H,122,138)(H,132,133)/t73-,77+,79+,80+,81+,82+,83+,84+,85+,86?,88?,95+,96+,100?,102?/m1/s1. The predicted octanol–water partition coefficient (Wildman–Crippen LogP) is 4.33. The number of rotatable bonds is 70. The molecule has 0 bridgehead atoms. The van der Waals surface area contributed by atoms with Gasteiger partial charge in [0.05, 0.1) is 76.7 Å². The molecule has 3 aromatic carbocycles.